The second-order valence-corrected chi connectivity index (χ2v) is 13.3. The van der Waals surface area contributed by atoms with Gasteiger partial charge in [0.15, 0.2) is 24.6 Å². The van der Waals surface area contributed by atoms with Crippen LogP contribution < -0.4 is 0 Å². The molecule has 10 nitrogen and oxygen atoms in total. The largest absolute Gasteiger partial charge is 0.462 e. The summed E-state index contributed by atoms with van der Waals surface area (Å²) in [5.74, 6) is -2.57. The van der Waals surface area contributed by atoms with Crippen LogP contribution in [0.3, 0.4) is 0 Å². The lowest BCUT2D eigenvalue weighted by molar-refractivity contribution is -0.300. The fourth-order valence-corrected chi connectivity index (χ4v) is 2.71. The van der Waals surface area contributed by atoms with Gasteiger partial charge in [0.2, 0.25) is 0 Å². The van der Waals surface area contributed by atoms with E-state index >= 15 is 0 Å². The van der Waals surface area contributed by atoms with Gasteiger partial charge in [-0.15, -0.1) is 0 Å². The van der Waals surface area contributed by atoms with Crippen LogP contribution in [-0.4, -0.2) is 66.3 Å². The summed E-state index contributed by atoms with van der Waals surface area (Å²) in [7, 11) is 0. The first kappa shape index (κ1) is 31.8. The number of ether oxygens (including phenoxy) is 5. The van der Waals surface area contributed by atoms with Crippen LogP contribution in [0.15, 0.2) is 0 Å². The fourth-order valence-electron chi connectivity index (χ4n) is 2.71. The highest BCUT2D eigenvalue weighted by molar-refractivity contribution is 5.78. The molecule has 0 amide bonds. The van der Waals surface area contributed by atoms with Crippen molar-refractivity contribution >= 4 is 23.9 Å². The van der Waals surface area contributed by atoms with Crippen molar-refractivity contribution in [3.63, 3.8) is 0 Å². The Hall–Kier alpha value is -2.20. The lowest BCUT2D eigenvalue weighted by Gasteiger charge is -2.44. The lowest BCUT2D eigenvalue weighted by atomic mass is 9.93. The maximum absolute atomic E-state index is 12.9. The number of aliphatic hydroxyl groups excluding tert-OH is 1. The molecule has 1 saturated heterocycles. The Morgan fingerprint density at radius 2 is 0.917 bits per heavy atom. The van der Waals surface area contributed by atoms with Crippen LogP contribution in [-0.2, 0) is 42.9 Å². The van der Waals surface area contributed by atoms with E-state index in [-0.39, 0.29) is 0 Å². The van der Waals surface area contributed by atoms with Gasteiger partial charge in [-0.2, -0.15) is 0 Å². The third kappa shape index (κ3) is 8.73. The van der Waals surface area contributed by atoms with E-state index in [4.69, 9.17) is 23.7 Å². The van der Waals surface area contributed by atoms with Gasteiger partial charge in [-0.05, 0) is 83.1 Å². The highest BCUT2D eigenvalue weighted by atomic mass is 16.7. The predicted octanol–water partition coefficient (Wildman–Crippen LogP) is 3.17. The molecule has 1 heterocycles. The highest BCUT2D eigenvalue weighted by Gasteiger charge is 2.54. The summed E-state index contributed by atoms with van der Waals surface area (Å²) in [6.07, 6.45) is -7.25. The predicted molar refractivity (Wildman–Crippen MR) is 129 cm³/mol. The number of hydrogen-bond donors (Lipinski definition) is 1. The minimum absolute atomic E-state index is 0.404. The molecule has 0 aromatic carbocycles. The standard InChI is InChI=1S/C26H44O10/c1-23(2,3)19(28)32-13-14-15(34-20(29)24(4,5)6)16(35-21(30)25(7,8)9)17(18(27)33-14)36-22(31)26(10,11)12/h14-18,27H,13H2,1-12H3/t14-,15-,16+,17+,18-/m0/s1. The summed E-state index contributed by atoms with van der Waals surface area (Å²) in [6.45, 7) is 19.2. The quantitative estimate of drug-likeness (QED) is 0.429. The van der Waals surface area contributed by atoms with Gasteiger partial charge in [-0.3, -0.25) is 19.2 Å². The first-order chi connectivity index (χ1) is 16.0. The number of rotatable bonds is 5. The van der Waals surface area contributed by atoms with Gasteiger partial charge in [-0.1, -0.05) is 0 Å². The summed E-state index contributed by atoms with van der Waals surface area (Å²) < 4.78 is 28.0. The van der Waals surface area contributed by atoms with Crippen molar-refractivity contribution in [2.45, 2.75) is 114 Å². The number of carbonyl (C=O) groups is 4. The van der Waals surface area contributed by atoms with Gasteiger partial charge in [0.25, 0.3) is 0 Å². The second kappa shape index (κ2) is 11.0. The summed E-state index contributed by atoms with van der Waals surface area (Å²) in [5, 5.41) is 10.8. The zero-order valence-electron chi connectivity index (χ0n) is 23.7. The average molecular weight is 517 g/mol. The van der Waals surface area contributed by atoms with Crippen molar-refractivity contribution in [1.29, 1.82) is 0 Å². The topological polar surface area (TPSA) is 135 Å². The summed E-state index contributed by atoms with van der Waals surface area (Å²) in [4.78, 5) is 50.8. The van der Waals surface area contributed by atoms with E-state index < -0.39 is 82.8 Å². The fraction of sp³-hybridized carbons (Fsp3) is 0.846. The molecule has 10 heteroatoms. The molecule has 0 aliphatic carbocycles. The van der Waals surface area contributed by atoms with Gasteiger partial charge in [0.05, 0.1) is 21.7 Å². The maximum Gasteiger partial charge on any atom is 0.311 e. The van der Waals surface area contributed by atoms with Crippen molar-refractivity contribution < 1.29 is 48.0 Å². The Balaban J connectivity index is 3.50. The number of hydrogen-bond acceptors (Lipinski definition) is 10. The molecule has 0 saturated carbocycles. The lowest BCUT2D eigenvalue weighted by Crippen LogP contribution is -2.63. The molecule has 1 aliphatic rings. The van der Waals surface area contributed by atoms with Crippen LogP contribution in [0.2, 0.25) is 0 Å². The molecular formula is C26H44O10. The molecule has 36 heavy (non-hydrogen) atoms. The Labute approximate surface area is 214 Å². The molecule has 0 unspecified atom stereocenters. The van der Waals surface area contributed by atoms with Gasteiger partial charge in [-0.25, -0.2) is 0 Å². The Morgan fingerprint density at radius 1 is 0.583 bits per heavy atom. The van der Waals surface area contributed by atoms with Crippen molar-refractivity contribution in [3.05, 3.63) is 0 Å². The zero-order chi connectivity index (χ0) is 28.4. The molecule has 5 atom stereocenters. The third-order valence-electron chi connectivity index (χ3n) is 5.17. The van der Waals surface area contributed by atoms with Crippen LogP contribution >= 0.6 is 0 Å². The van der Waals surface area contributed by atoms with Crippen LogP contribution in [0.1, 0.15) is 83.1 Å². The SMILES string of the molecule is CC(C)(C)C(=O)OC[C@@H]1O[C@H](O)[C@H](OC(=O)C(C)(C)C)[C@H](OC(=O)C(C)(C)C)[C@H]1OC(=O)C(C)(C)C. The maximum atomic E-state index is 12.9. The molecule has 0 aromatic rings. The molecule has 1 aliphatic heterocycles. The molecule has 0 radical (unpaired) electrons. The molecule has 0 spiro atoms. The molecule has 1 fully saturated rings. The molecule has 208 valence electrons. The summed E-state index contributed by atoms with van der Waals surface area (Å²) in [5.41, 5.74) is -3.68. The number of esters is 4. The monoisotopic (exact) mass is 516 g/mol. The molecule has 1 N–H and O–H groups in total. The summed E-state index contributed by atoms with van der Waals surface area (Å²) >= 11 is 0. The van der Waals surface area contributed by atoms with E-state index in [0.29, 0.717) is 0 Å². The third-order valence-corrected chi connectivity index (χ3v) is 5.17. The minimum Gasteiger partial charge on any atom is -0.462 e. The van der Waals surface area contributed by atoms with Crippen molar-refractivity contribution in [2.24, 2.45) is 21.7 Å². The molecule has 0 aromatic heterocycles. The summed E-state index contributed by atoms with van der Waals surface area (Å²) in [6, 6.07) is 0. The Bertz CT molecular complexity index is 820. The number of carbonyl (C=O) groups excluding carboxylic acids is 4. The van der Waals surface area contributed by atoms with E-state index in [1.54, 1.807) is 83.1 Å². The Morgan fingerprint density at radius 3 is 1.28 bits per heavy atom. The van der Waals surface area contributed by atoms with Crippen molar-refractivity contribution in [3.8, 4) is 0 Å². The van der Waals surface area contributed by atoms with E-state index in [0.717, 1.165) is 0 Å². The Kier molecular flexibility index (Phi) is 9.77. The normalized spacial score (nSPS) is 25.5. The van der Waals surface area contributed by atoms with Crippen LogP contribution in [0, 0.1) is 21.7 Å². The van der Waals surface area contributed by atoms with E-state index in [9.17, 15) is 24.3 Å². The second-order valence-electron chi connectivity index (χ2n) is 13.3. The first-order valence-corrected chi connectivity index (χ1v) is 12.1. The minimum atomic E-state index is -1.75. The molecule has 0 bridgehead atoms. The van der Waals surface area contributed by atoms with Crippen molar-refractivity contribution in [2.75, 3.05) is 6.61 Å². The number of aliphatic hydroxyl groups is 1. The van der Waals surface area contributed by atoms with Crippen LogP contribution in [0.4, 0.5) is 0 Å². The van der Waals surface area contributed by atoms with Gasteiger partial charge in [0.1, 0.15) is 12.7 Å². The zero-order valence-corrected chi connectivity index (χ0v) is 23.7. The highest BCUT2D eigenvalue weighted by Crippen LogP contribution is 2.33. The van der Waals surface area contributed by atoms with Crippen LogP contribution in [0.5, 0.6) is 0 Å². The molecular weight excluding hydrogens is 472 g/mol. The van der Waals surface area contributed by atoms with E-state index in [1.165, 1.54) is 0 Å². The van der Waals surface area contributed by atoms with Gasteiger partial charge < -0.3 is 28.8 Å². The molecule has 1 rings (SSSR count). The van der Waals surface area contributed by atoms with E-state index in [2.05, 4.69) is 0 Å². The van der Waals surface area contributed by atoms with Crippen molar-refractivity contribution in [1.82, 2.24) is 0 Å². The van der Waals surface area contributed by atoms with E-state index in [1.807, 2.05) is 0 Å². The van der Waals surface area contributed by atoms with Gasteiger partial charge in [0, 0.05) is 0 Å². The van der Waals surface area contributed by atoms with Gasteiger partial charge >= 0.3 is 23.9 Å². The first-order valence-electron chi connectivity index (χ1n) is 12.1. The average Bonchev–Trinajstić information content (AvgIpc) is 2.67. The smallest absolute Gasteiger partial charge is 0.311 e. The van der Waals surface area contributed by atoms with Crippen LogP contribution in [0.25, 0.3) is 0 Å².